The highest BCUT2D eigenvalue weighted by Crippen LogP contribution is 2.44. The van der Waals surface area contributed by atoms with E-state index >= 15 is 0 Å². The highest BCUT2D eigenvalue weighted by molar-refractivity contribution is 6.33. The lowest BCUT2D eigenvalue weighted by atomic mass is 9.98. The van der Waals surface area contributed by atoms with Crippen LogP contribution in [0.3, 0.4) is 0 Å². The highest BCUT2D eigenvalue weighted by atomic mass is 35.5. The van der Waals surface area contributed by atoms with Gasteiger partial charge < -0.3 is 26.0 Å². The molecule has 3 aromatic carbocycles. The van der Waals surface area contributed by atoms with Crippen molar-refractivity contribution < 1.29 is 24.1 Å². The Morgan fingerprint density at radius 3 is 2.31 bits per heavy atom. The van der Waals surface area contributed by atoms with Crippen molar-refractivity contribution in [2.75, 3.05) is 18.9 Å². The van der Waals surface area contributed by atoms with Crippen LogP contribution in [0.2, 0.25) is 5.02 Å². The van der Waals surface area contributed by atoms with Crippen LogP contribution in [0, 0.1) is 5.82 Å². The fourth-order valence-corrected chi connectivity index (χ4v) is 4.22. The molecule has 0 bridgehead atoms. The average molecular weight is 457 g/mol. The van der Waals surface area contributed by atoms with Gasteiger partial charge in [-0.25, -0.2) is 9.18 Å². The summed E-state index contributed by atoms with van der Waals surface area (Å²) in [6.45, 7) is -0.212. The van der Waals surface area contributed by atoms with Crippen molar-refractivity contribution in [1.82, 2.24) is 5.32 Å². The SMILES string of the molecule is Nc1c(Cl)cc(F)cc1C(O)C(O)CNC(=O)OCC1c2ccccc2-c2ccccc21. The van der Waals surface area contributed by atoms with Crippen molar-refractivity contribution >= 4 is 23.4 Å². The van der Waals surface area contributed by atoms with Crippen molar-refractivity contribution in [3.63, 3.8) is 0 Å². The first-order valence-corrected chi connectivity index (χ1v) is 10.4. The van der Waals surface area contributed by atoms with E-state index in [-0.39, 0.29) is 35.3 Å². The van der Waals surface area contributed by atoms with E-state index in [1.165, 1.54) is 0 Å². The Morgan fingerprint density at radius 2 is 1.69 bits per heavy atom. The minimum atomic E-state index is -1.54. The molecule has 0 spiro atoms. The highest BCUT2D eigenvalue weighted by Gasteiger charge is 2.29. The molecular weight excluding hydrogens is 435 g/mol. The van der Waals surface area contributed by atoms with Crippen LogP contribution >= 0.6 is 11.6 Å². The van der Waals surface area contributed by atoms with Crippen molar-refractivity contribution in [2.24, 2.45) is 0 Å². The lowest BCUT2D eigenvalue weighted by molar-refractivity contribution is 0.0188. The Morgan fingerprint density at radius 1 is 1.09 bits per heavy atom. The van der Waals surface area contributed by atoms with Gasteiger partial charge in [0.2, 0.25) is 0 Å². The number of nitrogens with two attached hydrogens (primary N) is 1. The summed E-state index contributed by atoms with van der Waals surface area (Å²) < 4.78 is 19.0. The van der Waals surface area contributed by atoms with Crippen molar-refractivity contribution in [3.8, 4) is 11.1 Å². The number of nitrogen functional groups attached to an aromatic ring is 1. The number of fused-ring (bicyclic) bond motifs is 3. The number of hydrogen-bond acceptors (Lipinski definition) is 5. The number of aliphatic hydroxyl groups is 2. The van der Waals surface area contributed by atoms with Crippen molar-refractivity contribution in [3.05, 3.63) is 88.2 Å². The summed E-state index contributed by atoms with van der Waals surface area (Å²) in [5, 5.41) is 22.9. The summed E-state index contributed by atoms with van der Waals surface area (Å²) in [5.74, 6) is -0.798. The van der Waals surface area contributed by atoms with Crippen molar-refractivity contribution in [1.29, 1.82) is 0 Å². The van der Waals surface area contributed by atoms with Crippen LogP contribution in [0.4, 0.5) is 14.9 Å². The first kappa shape index (κ1) is 22.1. The second-order valence-corrected chi connectivity index (χ2v) is 8.02. The van der Waals surface area contributed by atoms with Gasteiger partial charge >= 0.3 is 6.09 Å². The summed E-state index contributed by atoms with van der Waals surface area (Å²) in [7, 11) is 0. The predicted molar refractivity (Wildman–Crippen MR) is 120 cm³/mol. The normalized spacial score (nSPS) is 14.4. The van der Waals surface area contributed by atoms with Crippen molar-refractivity contribution in [2.45, 2.75) is 18.1 Å². The predicted octanol–water partition coefficient (Wildman–Crippen LogP) is 3.99. The Balaban J connectivity index is 1.36. The molecule has 2 unspecified atom stereocenters. The summed E-state index contributed by atoms with van der Waals surface area (Å²) in [4.78, 5) is 12.2. The Labute approximate surface area is 189 Å². The minimum absolute atomic E-state index is 0.0410. The third kappa shape index (κ3) is 4.27. The molecule has 1 amide bonds. The number of halogens is 2. The molecule has 3 aromatic rings. The van der Waals surface area contributed by atoms with Crippen LogP contribution in [0.25, 0.3) is 11.1 Å². The molecule has 0 aliphatic heterocycles. The number of carbonyl (C=O) groups excluding carboxylic acids is 1. The van der Waals surface area contributed by atoms with E-state index in [0.717, 1.165) is 34.4 Å². The molecule has 32 heavy (non-hydrogen) atoms. The van der Waals surface area contributed by atoms with Crippen LogP contribution in [-0.2, 0) is 4.74 Å². The molecular formula is C24H22ClFN2O4. The molecule has 5 N–H and O–H groups in total. The standard InChI is InChI=1S/C24H22ClFN2O4/c25-20-10-13(26)9-18(22(20)27)23(30)21(29)11-28-24(31)32-12-19-16-7-3-1-5-14(16)15-6-2-4-8-17(15)19/h1-10,19,21,23,29-30H,11-12,27H2,(H,28,31). The number of aliphatic hydroxyl groups excluding tert-OH is 2. The van der Waals surface area contributed by atoms with Crippen LogP contribution in [-0.4, -0.2) is 35.6 Å². The topological polar surface area (TPSA) is 105 Å². The summed E-state index contributed by atoms with van der Waals surface area (Å²) in [6, 6.07) is 17.9. The second kappa shape index (κ2) is 9.16. The number of ether oxygens (including phenoxy) is 1. The zero-order valence-electron chi connectivity index (χ0n) is 17.0. The summed E-state index contributed by atoms with van der Waals surface area (Å²) >= 11 is 5.82. The molecule has 0 saturated carbocycles. The van der Waals surface area contributed by atoms with Crippen LogP contribution in [0.5, 0.6) is 0 Å². The number of nitrogens with one attached hydrogen (secondary N) is 1. The maximum atomic E-state index is 13.6. The van der Waals surface area contributed by atoms with E-state index in [4.69, 9.17) is 22.1 Å². The molecule has 6 nitrogen and oxygen atoms in total. The summed E-state index contributed by atoms with van der Waals surface area (Å²) in [6.07, 6.45) is -3.74. The van der Waals surface area contributed by atoms with Gasteiger partial charge in [0.25, 0.3) is 0 Å². The van der Waals surface area contributed by atoms with Gasteiger partial charge in [0, 0.05) is 18.0 Å². The molecule has 0 heterocycles. The fourth-order valence-electron chi connectivity index (χ4n) is 4.01. The molecule has 1 aliphatic rings. The monoisotopic (exact) mass is 456 g/mol. The molecule has 2 atom stereocenters. The molecule has 4 rings (SSSR count). The first-order chi connectivity index (χ1) is 15.4. The quantitative estimate of drug-likeness (QED) is 0.420. The number of amides is 1. The Bertz CT molecular complexity index is 1110. The minimum Gasteiger partial charge on any atom is -0.449 e. The number of hydrogen-bond donors (Lipinski definition) is 4. The maximum absolute atomic E-state index is 13.6. The lowest BCUT2D eigenvalue weighted by Gasteiger charge is -2.21. The van der Waals surface area contributed by atoms with Gasteiger partial charge in [-0.3, -0.25) is 0 Å². The van der Waals surface area contributed by atoms with E-state index in [9.17, 15) is 19.4 Å². The lowest BCUT2D eigenvalue weighted by Crippen LogP contribution is -2.36. The van der Waals surface area contributed by atoms with Gasteiger partial charge in [0.05, 0.1) is 10.7 Å². The third-order valence-corrected chi connectivity index (χ3v) is 5.92. The van der Waals surface area contributed by atoms with Gasteiger partial charge in [-0.2, -0.15) is 0 Å². The molecule has 8 heteroatoms. The Hall–Kier alpha value is -3.13. The number of alkyl carbamates (subject to hydrolysis) is 1. The molecule has 0 radical (unpaired) electrons. The summed E-state index contributed by atoms with van der Waals surface area (Å²) in [5.41, 5.74) is 10.0. The molecule has 1 aliphatic carbocycles. The number of anilines is 1. The van der Waals surface area contributed by atoms with E-state index < -0.39 is 24.1 Å². The van der Waals surface area contributed by atoms with E-state index in [0.29, 0.717) is 0 Å². The molecule has 0 aromatic heterocycles. The van der Waals surface area contributed by atoms with E-state index in [2.05, 4.69) is 5.32 Å². The Kier molecular flexibility index (Phi) is 6.32. The largest absolute Gasteiger partial charge is 0.449 e. The third-order valence-electron chi connectivity index (χ3n) is 5.61. The van der Waals surface area contributed by atoms with Gasteiger partial charge in [0.15, 0.2) is 0 Å². The van der Waals surface area contributed by atoms with E-state index in [1.807, 2.05) is 48.5 Å². The van der Waals surface area contributed by atoms with Crippen LogP contribution in [0.1, 0.15) is 28.7 Å². The molecule has 0 saturated heterocycles. The maximum Gasteiger partial charge on any atom is 0.407 e. The van der Waals surface area contributed by atoms with E-state index in [1.54, 1.807) is 0 Å². The zero-order valence-corrected chi connectivity index (χ0v) is 17.7. The second-order valence-electron chi connectivity index (χ2n) is 7.61. The average Bonchev–Trinajstić information content (AvgIpc) is 3.11. The van der Waals surface area contributed by atoms with Gasteiger partial charge in [-0.1, -0.05) is 60.1 Å². The number of carbonyl (C=O) groups is 1. The number of rotatable bonds is 6. The smallest absolute Gasteiger partial charge is 0.407 e. The fraction of sp³-hybridized carbons (Fsp3) is 0.208. The van der Waals surface area contributed by atoms with Gasteiger partial charge in [0.1, 0.15) is 24.6 Å². The number of benzene rings is 3. The zero-order chi connectivity index (χ0) is 22.8. The molecule has 0 fully saturated rings. The van der Waals surface area contributed by atoms with Crippen LogP contribution < -0.4 is 11.1 Å². The first-order valence-electron chi connectivity index (χ1n) is 10.1. The van der Waals surface area contributed by atoms with Crippen LogP contribution in [0.15, 0.2) is 60.7 Å². The van der Waals surface area contributed by atoms with Gasteiger partial charge in [-0.05, 0) is 34.4 Å². The molecule has 166 valence electrons. The van der Waals surface area contributed by atoms with Gasteiger partial charge in [-0.15, -0.1) is 0 Å².